The lowest BCUT2D eigenvalue weighted by atomic mass is 10.2. The Morgan fingerprint density at radius 2 is 1.83 bits per heavy atom. The van der Waals surface area contributed by atoms with Crippen molar-refractivity contribution in [3.63, 3.8) is 0 Å². The number of benzene rings is 1. The maximum Gasteiger partial charge on any atom is 0.337 e. The van der Waals surface area contributed by atoms with E-state index in [1.807, 2.05) is 0 Å². The molecular weight excluding hydrogens is 398 g/mol. The Morgan fingerprint density at radius 3 is 2.45 bits per heavy atom. The third kappa shape index (κ3) is 5.30. The van der Waals surface area contributed by atoms with Crippen molar-refractivity contribution in [1.82, 2.24) is 8.87 Å². The number of ether oxygens (including phenoxy) is 1. The van der Waals surface area contributed by atoms with Gasteiger partial charge in [-0.05, 0) is 24.3 Å². The van der Waals surface area contributed by atoms with E-state index in [4.69, 9.17) is 0 Å². The van der Waals surface area contributed by atoms with Crippen LogP contribution in [-0.4, -0.2) is 49.4 Å². The Bertz CT molecular complexity index is 1060. The predicted octanol–water partition coefficient (Wildman–Crippen LogP) is 1.30. The van der Waals surface area contributed by atoms with Crippen molar-refractivity contribution in [2.45, 2.75) is 25.3 Å². The normalized spacial score (nSPS) is 11.3. The number of rotatable bonds is 8. The van der Waals surface area contributed by atoms with Crippen LogP contribution in [0.1, 0.15) is 24.2 Å². The van der Waals surface area contributed by atoms with Gasteiger partial charge in [-0.3, -0.25) is 9.59 Å². The van der Waals surface area contributed by atoms with Gasteiger partial charge in [0.15, 0.2) is 0 Å². The summed E-state index contributed by atoms with van der Waals surface area (Å²) in [6, 6.07) is 8.47. The van der Waals surface area contributed by atoms with Gasteiger partial charge in [0, 0.05) is 31.0 Å². The Hall–Kier alpha value is -2.98. The number of esters is 1. The number of amides is 1. The summed E-state index contributed by atoms with van der Waals surface area (Å²) in [5, 5.41) is 2.57. The van der Waals surface area contributed by atoms with E-state index < -0.39 is 27.5 Å². The molecule has 156 valence electrons. The Balaban J connectivity index is 2.23. The van der Waals surface area contributed by atoms with Gasteiger partial charge >= 0.3 is 5.97 Å². The number of sulfonamides is 1. The second-order valence-electron chi connectivity index (χ2n) is 6.04. The molecule has 29 heavy (non-hydrogen) atoms. The topological polar surface area (TPSA) is 115 Å². The van der Waals surface area contributed by atoms with Gasteiger partial charge in [-0.2, -0.15) is 4.31 Å². The molecule has 0 aliphatic rings. The van der Waals surface area contributed by atoms with Crippen molar-refractivity contribution in [2.75, 3.05) is 25.5 Å². The molecule has 0 spiro atoms. The highest BCUT2D eigenvalue weighted by Crippen LogP contribution is 2.14. The number of hydrogen-bond donors (Lipinski definition) is 1. The van der Waals surface area contributed by atoms with Crippen molar-refractivity contribution in [3.05, 3.63) is 58.5 Å². The summed E-state index contributed by atoms with van der Waals surface area (Å²) in [5.74, 6) is -1.10. The number of hydrogen-bond acceptors (Lipinski definition) is 6. The molecular formula is C19H23N3O6S. The molecule has 0 aliphatic carbocycles. The molecule has 1 heterocycles. The maximum absolute atomic E-state index is 12.6. The van der Waals surface area contributed by atoms with Crippen LogP contribution in [0.3, 0.4) is 0 Å². The standard InChI is InChI=1S/C19H23N3O6S/c1-4-22(5-2)29(26,27)16-9-10-18(24)21(12-16)13-17(23)20-15-8-6-7-14(11-15)19(25)28-3/h6-12H,4-5,13H2,1-3H3,(H,20,23). The van der Waals surface area contributed by atoms with Crippen molar-refractivity contribution < 1.29 is 22.7 Å². The zero-order chi connectivity index (χ0) is 21.6. The van der Waals surface area contributed by atoms with E-state index in [1.165, 1.54) is 29.6 Å². The number of nitrogens with zero attached hydrogens (tertiary/aromatic N) is 2. The molecule has 1 amide bonds. The van der Waals surface area contributed by atoms with Gasteiger partial charge in [0.05, 0.1) is 17.6 Å². The summed E-state index contributed by atoms with van der Waals surface area (Å²) in [5.41, 5.74) is 0.0922. The van der Waals surface area contributed by atoms with Crippen LogP contribution in [0.15, 0.2) is 52.3 Å². The first-order valence-electron chi connectivity index (χ1n) is 8.91. The molecule has 0 radical (unpaired) electrons. The number of anilines is 1. The van der Waals surface area contributed by atoms with Crippen LogP contribution in [0.25, 0.3) is 0 Å². The second kappa shape index (κ2) is 9.48. The molecule has 0 saturated carbocycles. The monoisotopic (exact) mass is 421 g/mol. The summed E-state index contributed by atoms with van der Waals surface area (Å²) in [7, 11) is -2.51. The van der Waals surface area contributed by atoms with Gasteiger partial charge in [-0.1, -0.05) is 19.9 Å². The predicted molar refractivity (Wildman–Crippen MR) is 107 cm³/mol. The molecule has 2 rings (SSSR count). The molecule has 0 atom stereocenters. The number of methoxy groups -OCH3 is 1. The first kappa shape index (κ1) is 22.3. The largest absolute Gasteiger partial charge is 0.465 e. The SMILES string of the molecule is CCN(CC)S(=O)(=O)c1ccc(=O)n(CC(=O)Nc2cccc(C(=O)OC)c2)c1. The van der Waals surface area contributed by atoms with Gasteiger partial charge in [-0.25, -0.2) is 13.2 Å². The molecule has 0 saturated heterocycles. The van der Waals surface area contributed by atoms with E-state index in [0.717, 1.165) is 16.8 Å². The minimum Gasteiger partial charge on any atom is -0.465 e. The lowest BCUT2D eigenvalue weighted by Gasteiger charge is -2.19. The molecule has 1 aromatic heterocycles. The molecule has 10 heteroatoms. The van der Waals surface area contributed by atoms with E-state index in [-0.39, 0.29) is 30.1 Å². The fraction of sp³-hybridized carbons (Fsp3) is 0.316. The van der Waals surface area contributed by atoms with E-state index in [0.29, 0.717) is 5.69 Å². The zero-order valence-corrected chi connectivity index (χ0v) is 17.2. The van der Waals surface area contributed by atoms with Crippen molar-refractivity contribution in [2.24, 2.45) is 0 Å². The van der Waals surface area contributed by atoms with Crippen LogP contribution in [-0.2, 0) is 26.1 Å². The highest BCUT2D eigenvalue weighted by atomic mass is 32.2. The van der Waals surface area contributed by atoms with Gasteiger partial charge in [-0.15, -0.1) is 0 Å². The number of carbonyl (C=O) groups excluding carboxylic acids is 2. The molecule has 1 N–H and O–H groups in total. The van der Waals surface area contributed by atoms with Crippen LogP contribution in [0, 0.1) is 0 Å². The van der Waals surface area contributed by atoms with E-state index in [1.54, 1.807) is 26.0 Å². The third-order valence-electron chi connectivity index (χ3n) is 4.18. The second-order valence-corrected chi connectivity index (χ2v) is 7.98. The number of aromatic nitrogens is 1. The number of carbonyl (C=O) groups is 2. The number of pyridine rings is 1. The van der Waals surface area contributed by atoms with E-state index >= 15 is 0 Å². The molecule has 0 aliphatic heterocycles. The highest BCUT2D eigenvalue weighted by molar-refractivity contribution is 7.89. The van der Waals surface area contributed by atoms with Crippen molar-refractivity contribution in [1.29, 1.82) is 0 Å². The summed E-state index contributed by atoms with van der Waals surface area (Å²) in [6.07, 6.45) is 1.15. The molecule has 0 fully saturated rings. The molecule has 1 aromatic carbocycles. The first-order valence-corrected chi connectivity index (χ1v) is 10.4. The summed E-state index contributed by atoms with van der Waals surface area (Å²) in [4.78, 5) is 35.9. The van der Waals surface area contributed by atoms with Gasteiger partial charge in [0.25, 0.3) is 5.56 Å². The molecule has 9 nitrogen and oxygen atoms in total. The minimum atomic E-state index is -3.76. The molecule has 0 bridgehead atoms. The lowest BCUT2D eigenvalue weighted by Crippen LogP contribution is -2.33. The van der Waals surface area contributed by atoms with E-state index in [9.17, 15) is 22.8 Å². The summed E-state index contributed by atoms with van der Waals surface area (Å²) >= 11 is 0. The summed E-state index contributed by atoms with van der Waals surface area (Å²) < 4.78 is 32.2. The minimum absolute atomic E-state index is 0.0683. The quantitative estimate of drug-likeness (QED) is 0.643. The number of nitrogens with one attached hydrogen (secondary N) is 1. The van der Waals surface area contributed by atoms with Crippen LogP contribution >= 0.6 is 0 Å². The van der Waals surface area contributed by atoms with Crippen molar-refractivity contribution >= 4 is 27.6 Å². The van der Waals surface area contributed by atoms with Crippen LogP contribution < -0.4 is 10.9 Å². The molecule has 0 unspecified atom stereocenters. The van der Waals surface area contributed by atoms with Crippen molar-refractivity contribution in [3.8, 4) is 0 Å². The van der Waals surface area contributed by atoms with Crippen LogP contribution in [0.2, 0.25) is 0 Å². The van der Waals surface area contributed by atoms with E-state index in [2.05, 4.69) is 10.1 Å². The Morgan fingerprint density at radius 1 is 1.14 bits per heavy atom. The van der Waals surface area contributed by atoms with Gasteiger partial charge in [0.1, 0.15) is 6.54 Å². The van der Waals surface area contributed by atoms with Gasteiger partial charge in [0.2, 0.25) is 15.9 Å². The van der Waals surface area contributed by atoms with Gasteiger partial charge < -0.3 is 14.6 Å². The maximum atomic E-state index is 12.6. The molecule has 2 aromatic rings. The average molecular weight is 421 g/mol. The van der Waals surface area contributed by atoms with Crippen LogP contribution in [0.5, 0.6) is 0 Å². The third-order valence-corrected chi connectivity index (χ3v) is 6.21. The Labute approximate surface area is 169 Å². The fourth-order valence-corrected chi connectivity index (χ4v) is 4.17. The Kier molecular flexibility index (Phi) is 7.29. The fourth-order valence-electron chi connectivity index (χ4n) is 2.70. The smallest absolute Gasteiger partial charge is 0.337 e. The first-order chi connectivity index (χ1) is 13.7. The zero-order valence-electron chi connectivity index (χ0n) is 16.4. The highest BCUT2D eigenvalue weighted by Gasteiger charge is 2.22. The van der Waals surface area contributed by atoms with Crippen LogP contribution in [0.4, 0.5) is 5.69 Å². The lowest BCUT2D eigenvalue weighted by molar-refractivity contribution is -0.116. The summed E-state index contributed by atoms with van der Waals surface area (Å²) in [6.45, 7) is 3.62. The average Bonchev–Trinajstić information content (AvgIpc) is 2.69.